The molecule has 0 aliphatic carbocycles. The number of thiazole rings is 1. The molecule has 1 N–H and O–H groups in total. The summed E-state index contributed by atoms with van der Waals surface area (Å²) in [4.78, 5) is 34.0. The normalized spacial score (nSPS) is 15.5. The molecule has 0 unspecified atom stereocenters. The van der Waals surface area contributed by atoms with Gasteiger partial charge in [0.05, 0.1) is 16.7 Å². The first-order valence-electron chi connectivity index (χ1n) is 12.0. The first-order valence-corrected chi connectivity index (χ1v) is 12.8. The Balaban J connectivity index is 1.73. The average molecular weight is 514 g/mol. The van der Waals surface area contributed by atoms with Crippen LogP contribution < -0.4 is 19.8 Å². The predicted octanol–water partition coefficient (Wildman–Crippen LogP) is 3.83. The Morgan fingerprint density at radius 3 is 2.57 bits per heavy atom. The number of nitrogens with zero attached hydrogens (tertiary/aromatic N) is 3. The van der Waals surface area contributed by atoms with Gasteiger partial charge in [-0.2, -0.15) is 0 Å². The van der Waals surface area contributed by atoms with Gasteiger partial charge in [-0.05, 0) is 54.5 Å². The summed E-state index contributed by atoms with van der Waals surface area (Å²) in [7, 11) is 3.92. The summed E-state index contributed by atoms with van der Waals surface area (Å²) < 4.78 is 7.25. The molecule has 2 heterocycles. The van der Waals surface area contributed by atoms with Crippen molar-refractivity contribution in [3.8, 4) is 5.75 Å². The lowest BCUT2D eigenvalue weighted by Crippen LogP contribution is -2.35. The van der Waals surface area contributed by atoms with E-state index in [2.05, 4.69) is 0 Å². The molecule has 0 fully saturated rings. The number of hydrogen-bond donors (Lipinski definition) is 1. The van der Waals surface area contributed by atoms with Crippen molar-refractivity contribution in [3.05, 3.63) is 97.1 Å². The number of allylic oxidation sites excluding steroid dienone is 1. The van der Waals surface area contributed by atoms with Crippen molar-refractivity contribution in [3.63, 3.8) is 0 Å². The molecule has 4 aromatic rings. The molecule has 1 aliphatic heterocycles. The van der Waals surface area contributed by atoms with Crippen LogP contribution in [0, 0.1) is 0 Å². The van der Waals surface area contributed by atoms with E-state index < -0.39 is 12.0 Å². The molecule has 1 aliphatic rings. The zero-order chi connectivity index (χ0) is 26.3. The van der Waals surface area contributed by atoms with Crippen LogP contribution in [0.2, 0.25) is 0 Å². The Labute approximate surface area is 217 Å². The first kappa shape index (κ1) is 24.5. The number of carbonyl (C=O) groups is 1. The number of anilines is 1. The van der Waals surface area contributed by atoms with Crippen LogP contribution in [0.5, 0.6) is 5.75 Å². The van der Waals surface area contributed by atoms with Gasteiger partial charge in [-0.3, -0.25) is 9.36 Å². The number of hydrogen-bond acceptors (Lipinski definition) is 7. The third-order valence-corrected chi connectivity index (χ3v) is 7.47. The van der Waals surface area contributed by atoms with Crippen LogP contribution in [0.1, 0.15) is 31.0 Å². The third kappa shape index (κ3) is 4.34. The number of carbonyl (C=O) groups excluding carboxylic acids is 1. The Morgan fingerprint density at radius 2 is 1.86 bits per heavy atom. The number of esters is 1. The average Bonchev–Trinajstić information content (AvgIpc) is 3.20. The molecular weight excluding hydrogens is 486 g/mol. The molecule has 0 amide bonds. The van der Waals surface area contributed by atoms with Gasteiger partial charge in [-0.1, -0.05) is 53.8 Å². The summed E-state index contributed by atoms with van der Waals surface area (Å²) in [5.74, 6) is -0.406. The van der Waals surface area contributed by atoms with Crippen molar-refractivity contribution in [2.24, 2.45) is 4.99 Å². The highest BCUT2D eigenvalue weighted by Gasteiger charge is 2.31. The van der Waals surface area contributed by atoms with Crippen LogP contribution in [0.25, 0.3) is 22.5 Å². The zero-order valence-corrected chi connectivity index (χ0v) is 21.9. The quantitative estimate of drug-likeness (QED) is 0.410. The fourth-order valence-electron chi connectivity index (χ4n) is 4.58. The molecule has 0 saturated carbocycles. The lowest BCUT2D eigenvalue weighted by atomic mass is 9.96. The number of phenolic OH excluding ortho intramolecular Hbond substituents is 1. The van der Waals surface area contributed by atoms with Crippen LogP contribution >= 0.6 is 11.3 Å². The van der Waals surface area contributed by atoms with E-state index in [-0.39, 0.29) is 17.9 Å². The number of fused-ring (bicyclic) bond motifs is 2. The predicted molar refractivity (Wildman–Crippen MR) is 148 cm³/mol. The summed E-state index contributed by atoms with van der Waals surface area (Å²) in [6, 6.07) is 18.4. The largest absolute Gasteiger partial charge is 0.507 e. The Morgan fingerprint density at radius 1 is 1.14 bits per heavy atom. The molecule has 1 atom stereocenters. The summed E-state index contributed by atoms with van der Waals surface area (Å²) in [5.41, 5.74) is 2.96. The maximum atomic E-state index is 13.6. The van der Waals surface area contributed by atoms with Crippen molar-refractivity contribution in [2.45, 2.75) is 19.9 Å². The second-order valence-corrected chi connectivity index (χ2v) is 10.00. The van der Waals surface area contributed by atoms with E-state index in [0.717, 1.165) is 22.0 Å². The minimum atomic E-state index is -0.605. The Hall–Kier alpha value is -4.17. The minimum absolute atomic E-state index is 0.0877. The molecule has 8 heteroatoms. The summed E-state index contributed by atoms with van der Waals surface area (Å²) >= 11 is 1.23. The molecule has 5 rings (SSSR count). The van der Waals surface area contributed by atoms with Crippen molar-refractivity contribution in [2.75, 3.05) is 25.6 Å². The van der Waals surface area contributed by atoms with Crippen LogP contribution in [0.3, 0.4) is 0 Å². The van der Waals surface area contributed by atoms with Crippen molar-refractivity contribution in [1.82, 2.24) is 4.57 Å². The van der Waals surface area contributed by atoms with Gasteiger partial charge in [-0.25, -0.2) is 9.79 Å². The van der Waals surface area contributed by atoms with Crippen LogP contribution in [0.4, 0.5) is 5.69 Å². The summed E-state index contributed by atoms with van der Waals surface area (Å²) in [6.45, 7) is 3.71. The Bertz CT molecular complexity index is 1730. The van der Waals surface area contributed by atoms with Crippen molar-refractivity contribution >= 4 is 45.5 Å². The minimum Gasteiger partial charge on any atom is -0.507 e. The number of phenols is 1. The Kier molecular flexibility index (Phi) is 6.43. The number of ether oxygens (including phenoxy) is 1. The van der Waals surface area contributed by atoms with Gasteiger partial charge in [0.1, 0.15) is 11.8 Å². The van der Waals surface area contributed by atoms with Gasteiger partial charge >= 0.3 is 5.97 Å². The number of rotatable bonds is 5. The van der Waals surface area contributed by atoms with Gasteiger partial charge in [0.2, 0.25) is 0 Å². The maximum Gasteiger partial charge on any atom is 0.338 e. The van der Waals surface area contributed by atoms with E-state index in [9.17, 15) is 14.7 Å². The van der Waals surface area contributed by atoms with Gasteiger partial charge in [0.15, 0.2) is 4.80 Å². The topological polar surface area (TPSA) is 84.1 Å². The van der Waals surface area contributed by atoms with Gasteiger partial charge < -0.3 is 14.7 Å². The lowest BCUT2D eigenvalue weighted by Gasteiger charge is -2.23. The number of aromatic nitrogens is 1. The monoisotopic (exact) mass is 513 g/mol. The summed E-state index contributed by atoms with van der Waals surface area (Å²) in [6.07, 6.45) is 1.70. The summed E-state index contributed by atoms with van der Waals surface area (Å²) in [5, 5.41) is 12.4. The highest BCUT2D eigenvalue weighted by Crippen LogP contribution is 2.33. The molecular formula is C29H27N3O4S. The molecule has 0 spiro atoms. The van der Waals surface area contributed by atoms with Crippen molar-refractivity contribution in [1.29, 1.82) is 0 Å². The molecule has 188 valence electrons. The zero-order valence-electron chi connectivity index (χ0n) is 21.1. The second-order valence-electron chi connectivity index (χ2n) is 8.99. The van der Waals surface area contributed by atoms with E-state index in [4.69, 9.17) is 9.73 Å². The SMILES string of the molecule is CCOC(=O)C1=C(C)n2c(s/c(=C\c3c(O)ccc4ccccc34)c2=O)=N[C@H]1c1ccc(N(C)C)cc1. The maximum absolute atomic E-state index is 13.6. The van der Waals surface area contributed by atoms with Crippen molar-refractivity contribution < 1.29 is 14.6 Å². The fourth-order valence-corrected chi connectivity index (χ4v) is 5.60. The van der Waals surface area contributed by atoms with Crippen LogP contribution in [-0.4, -0.2) is 36.3 Å². The fraction of sp³-hybridized carbons (Fsp3) is 0.207. The number of aromatic hydroxyl groups is 1. The standard InChI is InChI=1S/C29H27N3O4S/c1-5-36-28(35)25-17(2)32-27(34)24(16-22-21-9-7-6-8-18(21)12-15-23(22)33)37-29(32)30-26(25)19-10-13-20(14-11-19)31(3)4/h6-16,26,33H,5H2,1-4H3/b24-16-/t26-/m0/s1. The highest BCUT2D eigenvalue weighted by atomic mass is 32.1. The molecule has 1 aromatic heterocycles. The van der Waals surface area contributed by atoms with E-state index >= 15 is 0 Å². The third-order valence-electron chi connectivity index (χ3n) is 6.49. The first-order chi connectivity index (χ1) is 17.8. The second kappa shape index (κ2) is 9.71. The van der Waals surface area contributed by atoms with E-state index in [1.165, 1.54) is 15.9 Å². The van der Waals surface area contributed by atoms with E-state index in [0.29, 0.717) is 26.2 Å². The van der Waals surface area contributed by atoms with E-state index in [1.54, 1.807) is 26.0 Å². The molecule has 0 bridgehead atoms. The van der Waals surface area contributed by atoms with Gasteiger partial charge in [0, 0.05) is 31.0 Å². The molecule has 0 radical (unpaired) electrons. The molecule has 3 aromatic carbocycles. The van der Waals surface area contributed by atoms with Gasteiger partial charge in [-0.15, -0.1) is 0 Å². The van der Waals surface area contributed by atoms with E-state index in [1.807, 2.05) is 73.6 Å². The van der Waals surface area contributed by atoms with Crippen LogP contribution in [0.15, 0.2) is 76.0 Å². The molecule has 0 saturated heterocycles. The van der Waals surface area contributed by atoms with Gasteiger partial charge in [0.25, 0.3) is 5.56 Å². The number of benzene rings is 3. The molecule has 37 heavy (non-hydrogen) atoms. The smallest absolute Gasteiger partial charge is 0.338 e. The highest BCUT2D eigenvalue weighted by molar-refractivity contribution is 7.07. The lowest BCUT2D eigenvalue weighted by molar-refractivity contribution is -0.138. The molecule has 7 nitrogen and oxygen atoms in total. The van der Waals surface area contributed by atoms with Crippen LogP contribution in [-0.2, 0) is 9.53 Å².